The maximum Gasteiger partial charge on any atom is 0.130 e. The van der Waals surface area contributed by atoms with Crippen molar-refractivity contribution in [2.75, 3.05) is 11.9 Å². The molecule has 1 aromatic heterocycles. The Balaban J connectivity index is 2.13. The number of nitriles is 1. The van der Waals surface area contributed by atoms with Gasteiger partial charge in [0.2, 0.25) is 0 Å². The van der Waals surface area contributed by atoms with Gasteiger partial charge in [0.05, 0.1) is 17.3 Å². The minimum atomic E-state index is 0.410. The van der Waals surface area contributed by atoms with Crippen LogP contribution in [0.2, 0.25) is 0 Å². The Labute approximate surface area is 125 Å². The molecule has 4 heteroatoms. The fourth-order valence-electron chi connectivity index (χ4n) is 2.26. The third-order valence-corrected chi connectivity index (χ3v) is 3.15. The molecule has 0 amide bonds. The molecule has 0 saturated carbocycles. The van der Waals surface area contributed by atoms with Crippen molar-refractivity contribution >= 4 is 5.69 Å². The smallest absolute Gasteiger partial charge is 0.130 e. The summed E-state index contributed by atoms with van der Waals surface area (Å²) in [5.74, 6) is 0.824. The number of nitrogens with zero attached hydrogens (tertiary/aromatic N) is 2. The predicted octanol–water partition coefficient (Wildman–Crippen LogP) is 3.58. The molecule has 0 saturated heterocycles. The van der Waals surface area contributed by atoms with Crippen molar-refractivity contribution in [2.24, 2.45) is 0 Å². The summed E-state index contributed by atoms with van der Waals surface area (Å²) in [5, 5.41) is 12.2. The molecular formula is C17H19N3O. The normalized spacial score (nSPS) is 10.0. The van der Waals surface area contributed by atoms with Crippen molar-refractivity contribution in [3.8, 4) is 11.8 Å². The predicted molar refractivity (Wildman–Crippen MR) is 83.4 cm³/mol. The Morgan fingerprint density at radius 2 is 1.95 bits per heavy atom. The molecule has 0 spiro atoms. The van der Waals surface area contributed by atoms with E-state index in [1.807, 2.05) is 38.1 Å². The molecule has 0 unspecified atom stereocenters. The van der Waals surface area contributed by atoms with Gasteiger partial charge < -0.3 is 10.1 Å². The van der Waals surface area contributed by atoms with E-state index in [1.54, 1.807) is 6.20 Å². The van der Waals surface area contributed by atoms with Crippen LogP contribution in [0.15, 0.2) is 30.5 Å². The highest BCUT2D eigenvalue weighted by Gasteiger charge is 2.07. The van der Waals surface area contributed by atoms with E-state index in [2.05, 4.69) is 23.3 Å². The molecular weight excluding hydrogens is 262 g/mol. The van der Waals surface area contributed by atoms with Crippen LogP contribution in [-0.4, -0.2) is 11.5 Å². The third-order valence-electron chi connectivity index (χ3n) is 3.15. The minimum Gasteiger partial charge on any atom is -0.487 e. The van der Waals surface area contributed by atoms with Crippen molar-refractivity contribution in [1.82, 2.24) is 4.98 Å². The molecule has 0 aliphatic heterocycles. The van der Waals surface area contributed by atoms with Crippen LogP contribution in [0.1, 0.15) is 29.3 Å². The number of aryl methyl sites for hydroxylation is 2. The minimum absolute atomic E-state index is 0.410. The van der Waals surface area contributed by atoms with Gasteiger partial charge in [0.15, 0.2) is 0 Å². The van der Waals surface area contributed by atoms with E-state index < -0.39 is 0 Å². The maximum absolute atomic E-state index is 8.96. The first kappa shape index (κ1) is 14.9. The number of pyridine rings is 1. The van der Waals surface area contributed by atoms with E-state index >= 15 is 0 Å². The Morgan fingerprint density at radius 1 is 1.24 bits per heavy atom. The highest BCUT2D eigenvalue weighted by Crippen LogP contribution is 2.25. The highest BCUT2D eigenvalue weighted by molar-refractivity contribution is 5.47. The second-order valence-corrected chi connectivity index (χ2v) is 4.91. The molecule has 0 radical (unpaired) electrons. The number of benzene rings is 1. The monoisotopic (exact) mass is 281 g/mol. The van der Waals surface area contributed by atoms with Crippen molar-refractivity contribution in [1.29, 1.82) is 5.26 Å². The zero-order chi connectivity index (χ0) is 15.2. The molecule has 4 nitrogen and oxygen atoms in total. The van der Waals surface area contributed by atoms with Crippen LogP contribution >= 0.6 is 0 Å². The van der Waals surface area contributed by atoms with Gasteiger partial charge in [-0.25, -0.2) is 0 Å². The van der Waals surface area contributed by atoms with E-state index in [0.717, 1.165) is 34.8 Å². The zero-order valence-corrected chi connectivity index (χ0v) is 12.6. The maximum atomic E-state index is 8.96. The van der Waals surface area contributed by atoms with E-state index in [4.69, 9.17) is 10.00 Å². The van der Waals surface area contributed by atoms with Gasteiger partial charge in [-0.1, -0.05) is 0 Å². The van der Waals surface area contributed by atoms with Gasteiger partial charge in [0.1, 0.15) is 12.4 Å². The van der Waals surface area contributed by atoms with Gasteiger partial charge in [0, 0.05) is 18.4 Å². The Morgan fingerprint density at radius 3 is 2.57 bits per heavy atom. The lowest BCUT2D eigenvalue weighted by atomic mass is 10.1. The summed E-state index contributed by atoms with van der Waals surface area (Å²) in [6.45, 7) is 7.24. The summed E-state index contributed by atoms with van der Waals surface area (Å²) in [6.07, 6.45) is 1.77. The van der Waals surface area contributed by atoms with Crippen LogP contribution in [0, 0.1) is 25.2 Å². The summed E-state index contributed by atoms with van der Waals surface area (Å²) in [5.41, 5.74) is 4.50. The molecule has 1 aromatic carbocycles. The Kier molecular flexibility index (Phi) is 4.78. The molecule has 1 N–H and O–H groups in total. The van der Waals surface area contributed by atoms with Gasteiger partial charge >= 0.3 is 0 Å². The summed E-state index contributed by atoms with van der Waals surface area (Å²) >= 11 is 0. The molecule has 108 valence electrons. The molecule has 0 aliphatic carbocycles. The lowest BCUT2D eigenvalue weighted by Gasteiger charge is -2.13. The fraction of sp³-hybridized carbons (Fsp3) is 0.294. The number of ether oxygens (including phenoxy) is 1. The number of anilines is 1. The summed E-state index contributed by atoms with van der Waals surface area (Å²) < 4.78 is 5.89. The van der Waals surface area contributed by atoms with Crippen molar-refractivity contribution in [2.45, 2.75) is 27.4 Å². The topological polar surface area (TPSA) is 57.9 Å². The molecule has 0 atom stereocenters. The van der Waals surface area contributed by atoms with E-state index in [1.165, 1.54) is 0 Å². The van der Waals surface area contributed by atoms with Gasteiger partial charge in [-0.3, -0.25) is 4.98 Å². The second-order valence-electron chi connectivity index (χ2n) is 4.91. The molecule has 0 bridgehead atoms. The summed E-state index contributed by atoms with van der Waals surface area (Å²) in [6, 6.07) is 9.75. The van der Waals surface area contributed by atoms with Gasteiger partial charge in [-0.05, 0) is 56.2 Å². The quantitative estimate of drug-likeness (QED) is 0.910. The number of aromatic nitrogens is 1. The summed E-state index contributed by atoms with van der Waals surface area (Å²) in [7, 11) is 0. The first-order chi connectivity index (χ1) is 10.1. The molecule has 0 aliphatic rings. The van der Waals surface area contributed by atoms with Crippen LogP contribution < -0.4 is 10.1 Å². The van der Waals surface area contributed by atoms with Crippen molar-refractivity contribution in [3.05, 3.63) is 52.8 Å². The second kappa shape index (κ2) is 6.76. The van der Waals surface area contributed by atoms with Crippen molar-refractivity contribution in [3.63, 3.8) is 0 Å². The van der Waals surface area contributed by atoms with E-state index in [-0.39, 0.29) is 0 Å². The van der Waals surface area contributed by atoms with Crippen LogP contribution in [0.3, 0.4) is 0 Å². The number of nitrogens with one attached hydrogen (secondary N) is 1. The zero-order valence-electron chi connectivity index (χ0n) is 12.6. The SMILES string of the molecule is CCNc1ccnc(COc2c(C)cc(C#N)cc2C)c1. The fourth-order valence-corrected chi connectivity index (χ4v) is 2.26. The van der Waals surface area contributed by atoms with Crippen LogP contribution in [0.5, 0.6) is 5.75 Å². The lowest BCUT2D eigenvalue weighted by Crippen LogP contribution is -2.03. The molecule has 1 heterocycles. The van der Waals surface area contributed by atoms with Crippen LogP contribution in [0.25, 0.3) is 0 Å². The first-order valence-corrected chi connectivity index (χ1v) is 6.97. The average molecular weight is 281 g/mol. The third kappa shape index (κ3) is 3.73. The average Bonchev–Trinajstić information content (AvgIpc) is 2.47. The first-order valence-electron chi connectivity index (χ1n) is 6.97. The number of hydrogen-bond acceptors (Lipinski definition) is 4. The number of hydrogen-bond donors (Lipinski definition) is 1. The van der Waals surface area contributed by atoms with Crippen LogP contribution in [-0.2, 0) is 6.61 Å². The lowest BCUT2D eigenvalue weighted by molar-refractivity contribution is 0.297. The molecule has 21 heavy (non-hydrogen) atoms. The largest absolute Gasteiger partial charge is 0.487 e. The highest BCUT2D eigenvalue weighted by atomic mass is 16.5. The van der Waals surface area contributed by atoms with Gasteiger partial charge in [-0.2, -0.15) is 5.26 Å². The Hall–Kier alpha value is -2.54. The van der Waals surface area contributed by atoms with Gasteiger partial charge in [0.25, 0.3) is 0 Å². The van der Waals surface area contributed by atoms with Gasteiger partial charge in [-0.15, -0.1) is 0 Å². The van der Waals surface area contributed by atoms with E-state index in [0.29, 0.717) is 12.2 Å². The molecule has 2 rings (SSSR count). The Bertz CT molecular complexity index is 651. The molecule has 2 aromatic rings. The standard InChI is InChI=1S/C17H19N3O/c1-4-19-15-5-6-20-16(9-15)11-21-17-12(2)7-14(10-18)8-13(17)3/h5-9H,4,11H2,1-3H3,(H,19,20). The van der Waals surface area contributed by atoms with E-state index in [9.17, 15) is 0 Å². The number of rotatable bonds is 5. The van der Waals surface area contributed by atoms with Crippen molar-refractivity contribution < 1.29 is 4.74 Å². The van der Waals surface area contributed by atoms with Crippen LogP contribution in [0.4, 0.5) is 5.69 Å². The summed E-state index contributed by atoms with van der Waals surface area (Å²) in [4.78, 5) is 4.31. The molecule has 0 fully saturated rings.